The zero-order valence-corrected chi connectivity index (χ0v) is 15.3. The van der Waals surface area contributed by atoms with Crippen molar-refractivity contribution < 1.29 is 13.5 Å². The Labute approximate surface area is 141 Å². The van der Waals surface area contributed by atoms with Crippen molar-refractivity contribution >= 4 is 47.6 Å². The lowest BCUT2D eigenvalue weighted by atomic mass is 9.88. The number of halogens is 2. The molecular formula is C13H18Br2N2O3S. The number of aliphatic hydroxyl groups is 1. The van der Waals surface area contributed by atoms with Gasteiger partial charge in [0.2, 0.25) is 10.0 Å². The Morgan fingerprint density at radius 2 is 1.71 bits per heavy atom. The Morgan fingerprint density at radius 3 is 2.24 bits per heavy atom. The van der Waals surface area contributed by atoms with E-state index in [9.17, 15) is 13.5 Å². The van der Waals surface area contributed by atoms with Crippen molar-refractivity contribution in [1.29, 1.82) is 0 Å². The van der Waals surface area contributed by atoms with Gasteiger partial charge in [-0.05, 0) is 75.6 Å². The van der Waals surface area contributed by atoms with Gasteiger partial charge in [0.1, 0.15) is 4.90 Å². The third kappa shape index (κ3) is 4.41. The van der Waals surface area contributed by atoms with E-state index in [0.29, 0.717) is 21.2 Å². The van der Waals surface area contributed by atoms with Crippen LogP contribution in [0.1, 0.15) is 25.7 Å². The number of hydrogen-bond acceptors (Lipinski definition) is 4. The van der Waals surface area contributed by atoms with Crippen molar-refractivity contribution in [1.82, 2.24) is 4.72 Å². The first kappa shape index (κ1) is 17.2. The first-order valence-corrected chi connectivity index (χ1v) is 9.79. The molecule has 0 radical (unpaired) electrons. The van der Waals surface area contributed by atoms with E-state index in [0.717, 1.165) is 25.7 Å². The van der Waals surface area contributed by atoms with E-state index in [1.807, 2.05) is 0 Å². The maximum Gasteiger partial charge on any atom is 0.242 e. The Balaban J connectivity index is 2.09. The highest BCUT2D eigenvalue weighted by Crippen LogP contribution is 2.32. The minimum atomic E-state index is -3.61. The molecule has 1 aliphatic carbocycles. The summed E-state index contributed by atoms with van der Waals surface area (Å²) in [5.74, 6) is 0.273. The molecule has 1 aromatic carbocycles. The SMILES string of the molecule is Nc1cc(Br)c(S(=O)(=O)NCC2CCC(O)CC2)c(Br)c1. The van der Waals surface area contributed by atoms with Gasteiger partial charge < -0.3 is 10.8 Å². The predicted octanol–water partition coefficient (Wildman–Crippen LogP) is 2.62. The minimum Gasteiger partial charge on any atom is -0.399 e. The van der Waals surface area contributed by atoms with Crippen LogP contribution in [0.25, 0.3) is 0 Å². The monoisotopic (exact) mass is 440 g/mol. The van der Waals surface area contributed by atoms with Gasteiger partial charge in [0.25, 0.3) is 0 Å². The van der Waals surface area contributed by atoms with Crippen molar-refractivity contribution in [2.75, 3.05) is 12.3 Å². The molecule has 0 aliphatic heterocycles. The molecule has 1 aromatic rings. The van der Waals surface area contributed by atoms with Gasteiger partial charge in [-0.2, -0.15) is 0 Å². The first-order valence-electron chi connectivity index (χ1n) is 6.72. The average molecular weight is 442 g/mol. The molecule has 0 heterocycles. The molecule has 0 unspecified atom stereocenters. The van der Waals surface area contributed by atoms with Crippen LogP contribution in [0.2, 0.25) is 0 Å². The van der Waals surface area contributed by atoms with E-state index in [-0.39, 0.29) is 16.9 Å². The van der Waals surface area contributed by atoms with Crippen LogP contribution in [0.15, 0.2) is 26.0 Å². The van der Waals surface area contributed by atoms with Crippen molar-refractivity contribution in [3.8, 4) is 0 Å². The van der Waals surface area contributed by atoms with E-state index >= 15 is 0 Å². The second-order valence-electron chi connectivity index (χ2n) is 5.34. The molecule has 0 atom stereocenters. The van der Waals surface area contributed by atoms with Crippen molar-refractivity contribution in [2.45, 2.75) is 36.7 Å². The number of anilines is 1. The van der Waals surface area contributed by atoms with Crippen LogP contribution in [-0.2, 0) is 10.0 Å². The van der Waals surface area contributed by atoms with Gasteiger partial charge in [0.15, 0.2) is 0 Å². The summed E-state index contributed by atoms with van der Waals surface area (Å²) in [7, 11) is -3.61. The lowest BCUT2D eigenvalue weighted by Gasteiger charge is -2.25. The maximum absolute atomic E-state index is 12.4. The fraction of sp³-hybridized carbons (Fsp3) is 0.538. The molecular weight excluding hydrogens is 424 g/mol. The van der Waals surface area contributed by atoms with E-state index in [1.165, 1.54) is 0 Å². The zero-order valence-electron chi connectivity index (χ0n) is 11.4. The molecule has 118 valence electrons. The summed E-state index contributed by atoms with van der Waals surface area (Å²) >= 11 is 6.49. The Bertz CT molecular complexity index is 591. The van der Waals surface area contributed by atoms with Crippen molar-refractivity contribution in [3.63, 3.8) is 0 Å². The molecule has 8 heteroatoms. The molecule has 1 aliphatic rings. The third-order valence-corrected chi connectivity index (χ3v) is 6.97. The fourth-order valence-electron chi connectivity index (χ4n) is 2.48. The number of rotatable bonds is 4. The van der Waals surface area contributed by atoms with Gasteiger partial charge in [-0.25, -0.2) is 13.1 Å². The molecule has 0 amide bonds. The third-order valence-electron chi connectivity index (χ3n) is 3.67. The van der Waals surface area contributed by atoms with Gasteiger partial charge in [-0.1, -0.05) is 0 Å². The second kappa shape index (κ2) is 6.95. The van der Waals surface area contributed by atoms with Crippen LogP contribution in [0, 0.1) is 5.92 Å². The van der Waals surface area contributed by atoms with Gasteiger partial charge in [-0.3, -0.25) is 0 Å². The number of nitrogens with two attached hydrogens (primary N) is 1. The van der Waals surface area contributed by atoms with E-state index in [1.54, 1.807) is 12.1 Å². The lowest BCUT2D eigenvalue weighted by Crippen LogP contribution is -2.32. The predicted molar refractivity (Wildman–Crippen MR) is 89.4 cm³/mol. The van der Waals surface area contributed by atoms with E-state index in [2.05, 4.69) is 36.6 Å². The van der Waals surface area contributed by atoms with Gasteiger partial charge >= 0.3 is 0 Å². The molecule has 0 spiro atoms. The number of sulfonamides is 1. The molecule has 5 nitrogen and oxygen atoms in total. The normalized spacial score (nSPS) is 23.2. The summed E-state index contributed by atoms with van der Waals surface area (Å²) < 4.78 is 28.4. The second-order valence-corrected chi connectivity index (χ2v) is 8.75. The summed E-state index contributed by atoms with van der Waals surface area (Å²) in [6, 6.07) is 3.13. The number of nitrogens with one attached hydrogen (secondary N) is 1. The van der Waals surface area contributed by atoms with Gasteiger partial charge in [-0.15, -0.1) is 0 Å². The first-order chi connectivity index (χ1) is 9.79. The number of aliphatic hydroxyl groups excluding tert-OH is 1. The molecule has 21 heavy (non-hydrogen) atoms. The average Bonchev–Trinajstić information content (AvgIpc) is 2.36. The van der Waals surface area contributed by atoms with Gasteiger partial charge in [0.05, 0.1) is 6.10 Å². The Hall–Kier alpha value is -0.150. The van der Waals surface area contributed by atoms with Crippen LogP contribution >= 0.6 is 31.9 Å². The highest BCUT2D eigenvalue weighted by Gasteiger charge is 2.25. The molecule has 0 bridgehead atoms. The lowest BCUT2D eigenvalue weighted by molar-refractivity contribution is 0.109. The topological polar surface area (TPSA) is 92.4 Å². The summed E-state index contributed by atoms with van der Waals surface area (Å²) in [6.07, 6.45) is 2.92. The summed E-state index contributed by atoms with van der Waals surface area (Å²) in [5.41, 5.74) is 6.16. The number of benzene rings is 1. The summed E-state index contributed by atoms with van der Waals surface area (Å²) in [6.45, 7) is 0.387. The smallest absolute Gasteiger partial charge is 0.242 e. The number of hydrogen-bond donors (Lipinski definition) is 3. The van der Waals surface area contributed by atoms with Crippen molar-refractivity contribution in [3.05, 3.63) is 21.1 Å². The summed E-state index contributed by atoms with van der Waals surface area (Å²) in [5, 5.41) is 9.47. The highest BCUT2D eigenvalue weighted by atomic mass is 79.9. The van der Waals surface area contributed by atoms with Crippen LogP contribution in [0.3, 0.4) is 0 Å². The quantitative estimate of drug-likeness (QED) is 0.626. The molecule has 1 fully saturated rings. The van der Waals surface area contributed by atoms with Crippen LogP contribution in [0.5, 0.6) is 0 Å². The van der Waals surface area contributed by atoms with E-state index < -0.39 is 10.0 Å². The molecule has 2 rings (SSSR count). The zero-order chi connectivity index (χ0) is 15.6. The van der Waals surface area contributed by atoms with Gasteiger partial charge in [0, 0.05) is 21.2 Å². The van der Waals surface area contributed by atoms with Crippen molar-refractivity contribution in [2.24, 2.45) is 5.92 Å². The van der Waals surface area contributed by atoms with Crippen LogP contribution in [-0.4, -0.2) is 26.2 Å². The summed E-state index contributed by atoms with van der Waals surface area (Å²) in [4.78, 5) is 0.160. The molecule has 0 aromatic heterocycles. The molecule has 4 N–H and O–H groups in total. The Morgan fingerprint density at radius 1 is 1.19 bits per heavy atom. The largest absolute Gasteiger partial charge is 0.399 e. The van der Waals surface area contributed by atoms with Crippen LogP contribution < -0.4 is 10.5 Å². The minimum absolute atomic E-state index is 0.160. The Kier molecular flexibility index (Phi) is 5.70. The number of nitrogen functional groups attached to an aromatic ring is 1. The fourth-order valence-corrected chi connectivity index (χ4v) is 6.22. The van der Waals surface area contributed by atoms with Crippen LogP contribution in [0.4, 0.5) is 5.69 Å². The highest BCUT2D eigenvalue weighted by molar-refractivity contribution is 9.11. The maximum atomic E-state index is 12.4. The standard InChI is InChI=1S/C13H18Br2N2O3S/c14-11-5-9(16)6-12(15)13(11)21(19,20)17-7-8-1-3-10(18)4-2-8/h5-6,8,10,17-18H,1-4,7,16H2. The molecule has 0 saturated heterocycles. The molecule has 1 saturated carbocycles. The van der Waals surface area contributed by atoms with E-state index in [4.69, 9.17) is 5.73 Å².